The Hall–Kier alpha value is 0.439. The Bertz CT molecular complexity index is 650. The normalized spacial score (nSPS) is 11.7. The van der Waals surface area contributed by atoms with Crippen molar-refractivity contribution in [3.8, 4) is 0 Å². The monoisotopic (exact) mass is 836 g/mol. The van der Waals surface area contributed by atoms with E-state index >= 15 is 0 Å². The van der Waals surface area contributed by atoms with Crippen LogP contribution in [0.4, 0.5) is 0 Å². The van der Waals surface area contributed by atoms with E-state index in [0.29, 0.717) is 26.1 Å². The Morgan fingerprint density at radius 2 is 0.653 bits per heavy atom. The van der Waals surface area contributed by atoms with Gasteiger partial charge in [0.05, 0.1) is 0 Å². The molecule has 0 aromatic heterocycles. The van der Waals surface area contributed by atoms with Gasteiger partial charge in [0, 0.05) is 0 Å². The van der Waals surface area contributed by atoms with E-state index in [2.05, 4.69) is 45.6 Å². The standard InChI is InChI=1S/2C17H34O2S.2C4H9.Sn/c2*1-2-3-4-5-6-7-8-9-10-11-12-13-15-19-17(18)14-16-20;2*1-3-4-2;/h2*20H,2-16H2,1H3;2*1,3-4H2,2H3;/q;;;;+2/p-2. The van der Waals surface area contributed by atoms with Crippen molar-refractivity contribution >= 4 is 45.4 Å². The van der Waals surface area contributed by atoms with Crippen molar-refractivity contribution in [2.24, 2.45) is 0 Å². The van der Waals surface area contributed by atoms with Crippen LogP contribution in [0.2, 0.25) is 8.87 Å². The summed E-state index contributed by atoms with van der Waals surface area (Å²) < 4.78 is 13.9. The van der Waals surface area contributed by atoms with Gasteiger partial charge < -0.3 is 0 Å². The molecule has 0 aromatic carbocycles. The average Bonchev–Trinajstić information content (AvgIpc) is 3.10. The Morgan fingerprint density at radius 1 is 0.388 bits per heavy atom. The van der Waals surface area contributed by atoms with Crippen molar-refractivity contribution in [3.63, 3.8) is 0 Å². The molecule has 0 aliphatic carbocycles. The summed E-state index contributed by atoms with van der Waals surface area (Å²) >= 11 is -2.60. The zero-order valence-electron chi connectivity index (χ0n) is 33.4. The summed E-state index contributed by atoms with van der Waals surface area (Å²) in [6.45, 7) is 10.3. The number of unbranched alkanes of at least 4 members (excludes halogenated alkanes) is 24. The second kappa shape index (κ2) is 39.6. The van der Waals surface area contributed by atoms with Gasteiger partial charge in [-0.3, -0.25) is 0 Å². The number of ether oxygens (including phenoxy) is 2. The van der Waals surface area contributed by atoms with Crippen LogP contribution in [0.15, 0.2) is 0 Å². The quantitative estimate of drug-likeness (QED) is 0.0348. The third-order valence-electron chi connectivity index (χ3n) is 9.69. The first-order valence-electron chi connectivity index (χ1n) is 21.6. The minimum atomic E-state index is -2.60. The molecule has 0 bridgehead atoms. The molecule has 0 saturated carbocycles. The molecule has 0 rings (SSSR count). The molecule has 0 heterocycles. The number of hydrogen-bond donors (Lipinski definition) is 0. The van der Waals surface area contributed by atoms with Gasteiger partial charge in [0.15, 0.2) is 0 Å². The molecule has 0 aromatic rings. The number of hydrogen-bond acceptors (Lipinski definition) is 6. The minimum absolute atomic E-state index is 0.0203. The van der Waals surface area contributed by atoms with Crippen LogP contribution in [0.5, 0.6) is 0 Å². The van der Waals surface area contributed by atoms with E-state index in [0.717, 1.165) is 24.3 Å². The maximum atomic E-state index is 12.5. The van der Waals surface area contributed by atoms with Crippen LogP contribution in [0.25, 0.3) is 0 Å². The molecule has 0 N–H and O–H groups in total. The Labute approximate surface area is 316 Å². The van der Waals surface area contributed by atoms with E-state index in [1.165, 1.54) is 176 Å². The summed E-state index contributed by atoms with van der Waals surface area (Å²) in [5.41, 5.74) is 0. The molecule has 7 heteroatoms. The molecule has 292 valence electrons. The van der Waals surface area contributed by atoms with Gasteiger partial charge in [-0.05, 0) is 0 Å². The topological polar surface area (TPSA) is 52.6 Å². The summed E-state index contributed by atoms with van der Waals surface area (Å²) in [4.78, 5) is 25.1. The average molecular weight is 836 g/mol. The number of rotatable bonds is 40. The molecule has 0 unspecified atom stereocenters. The fourth-order valence-electron chi connectivity index (χ4n) is 6.39. The van der Waals surface area contributed by atoms with Gasteiger partial charge in [-0.25, -0.2) is 0 Å². The first-order chi connectivity index (χ1) is 24.0. The van der Waals surface area contributed by atoms with Gasteiger partial charge >= 0.3 is 228 Å². The third-order valence-corrected chi connectivity index (χ3v) is 40.6. The van der Waals surface area contributed by atoms with E-state index in [1.807, 2.05) is 0 Å². The Balaban J connectivity index is 4.14. The van der Waals surface area contributed by atoms with E-state index < -0.39 is 15.6 Å². The first kappa shape index (κ1) is 49.4. The predicted octanol–water partition coefficient (Wildman–Crippen LogP) is 14.8. The van der Waals surface area contributed by atoms with Gasteiger partial charge in [0.2, 0.25) is 0 Å². The molecule has 4 nitrogen and oxygen atoms in total. The molecule has 0 amide bonds. The Kier molecular flexibility index (Phi) is 40.0. The van der Waals surface area contributed by atoms with E-state index in [9.17, 15) is 9.59 Å². The fraction of sp³-hybridized carbons (Fsp3) is 0.952. The predicted molar refractivity (Wildman–Crippen MR) is 223 cm³/mol. The Morgan fingerprint density at radius 3 is 0.939 bits per heavy atom. The minimum Gasteiger partial charge on any atom is -0.0654 e. The van der Waals surface area contributed by atoms with Crippen molar-refractivity contribution < 1.29 is 19.1 Å². The molecule has 0 saturated heterocycles. The molecule has 49 heavy (non-hydrogen) atoms. The van der Waals surface area contributed by atoms with Gasteiger partial charge in [0.1, 0.15) is 0 Å². The first-order valence-corrected chi connectivity index (χ1v) is 34.6. The zero-order chi connectivity index (χ0) is 35.9. The van der Waals surface area contributed by atoms with Gasteiger partial charge in [-0.2, -0.15) is 0 Å². The second-order valence-electron chi connectivity index (χ2n) is 14.5. The third kappa shape index (κ3) is 35.2. The van der Waals surface area contributed by atoms with Crippen molar-refractivity contribution in [2.45, 2.75) is 229 Å². The summed E-state index contributed by atoms with van der Waals surface area (Å²) in [7, 11) is 4.30. The van der Waals surface area contributed by atoms with Gasteiger partial charge in [0.25, 0.3) is 0 Å². The molecule has 0 fully saturated rings. The van der Waals surface area contributed by atoms with Crippen molar-refractivity contribution in [2.75, 3.05) is 24.7 Å². The molecule has 0 aliphatic heterocycles. The molecule has 0 spiro atoms. The molecule has 0 aliphatic rings. The van der Waals surface area contributed by atoms with Gasteiger partial charge in [-0.15, -0.1) is 0 Å². The maximum absolute atomic E-state index is 12.5. The van der Waals surface area contributed by atoms with Crippen LogP contribution < -0.4 is 0 Å². The van der Waals surface area contributed by atoms with E-state index in [4.69, 9.17) is 9.47 Å². The van der Waals surface area contributed by atoms with Crippen molar-refractivity contribution in [1.29, 1.82) is 0 Å². The summed E-state index contributed by atoms with van der Waals surface area (Å²) in [5.74, 6) is 1.73. The molecule has 0 atom stereocenters. The van der Waals surface area contributed by atoms with Crippen LogP contribution in [0.3, 0.4) is 0 Å². The number of carbonyl (C=O) groups is 2. The second-order valence-corrected chi connectivity index (χ2v) is 41.1. The molecule has 0 radical (unpaired) electrons. The number of carbonyl (C=O) groups excluding carboxylic acids is 2. The smallest absolute Gasteiger partial charge is 0.0654 e. The summed E-state index contributed by atoms with van der Waals surface area (Å²) in [6, 6.07) is 0. The van der Waals surface area contributed by atoms with Crippen LogP contribution in [-0.2, 0) is 19.1 Å². The zero-order valence-corrected chi connectivity index (χ0v) is 37.9. The van der Waals surface area contributed by atoms with E-state index in [-0.39, 0.29) is 11.9 Å². The van der Waals surface area contributed by atoms with E-state index in [1.54, 1.807) is 0 Å². The molecular formula is C42H84O4S2Sn. The SMILES string of the molecule is CCCCCCCCCCCCCCOC(=O)CC[S][Sn]([CH2]CCC)([CH2]CCC)[S]CCC(=O)OCCCCCCCCCCCCCC. The van der Waals surface area contributed by atoms with Crippen LogP contribution in [-0.4, -0.2) is 52.3 Å². The van der Waals surface area contributed by atoms with Crippen LogP contribution >= 0.6 is 17.9 Å². The molecular weight excluding hydrogens is 751 g/mol. The van der Waals surface area contributed by atoms with Crippen molar-refractivity contribution in [3.05, 3.63) is 0 Å². The van der Waals surface area contributed by atoms with Crippen molar-refractivity contribution in [1.82, 2.24) is 0 Å². The van der Waals surface area contributed by atoms with Crippen LogP contribution in [0, 0.1) is 0 Å². The van der Waals surface area contributed by atoms with Gasteiger partial charge in [-0.1, -0.05) is 90.9 Å². The number of esters is 2. The van der Waals surface area contributed by atoms with Crippen LogP contribution in [0.1, 0.15) is 220 Å². The summed E-state index contributed by atoms with van der Waals surface area (Å²) in [5, 5.41) is 0. The fourth-order valence-corrected chi connectivity index (χ4v) is 36.8. The summed E-state index contributed by atoms with van der Waals surface area (Å²) in [6.07, 6.45) is 37.7.